The molecule has 0 bridgehead atoms. The Balaban J connectivity index is 2.55. The fraction of sp³-hybridized carbons (Fsp3) is 0.917. The van der Waals surface area contributed by atoms with Crippen LogP contribution in [-0.2, 0) is 4.74 Å². The zero-order valence-electron chi connectivity index (χ0n) is 10.0. The molecule has 1 aliphatic rings. The van der Waals surface area contributed by atoms with Crippen LogP contribution in [0.15, 0.2) is 0 Å². The van der Waals surface area contributed by atoms with E-state index in [1.165, 1.54) is 0 Å². The van der Waals surface area contributed by atoms with Crippen LogP contribution in [0.3, 0.4) is 0 Å². The first-order valence-electron chi connectivity index (χ1n) is 5.80. The van der Waals surface area contributed by atoms with Gasteiger partial charge in [0, 0.05) is 13.7 Å². The van der Waals surface area contributed by atoms with Crippen molar-refractivity contribution in [3.63, 3.8) is 0 Å². The van der Waals surface area contributed by atoms with Crippen LogP contribution in [0.4, 0.5) is 0 Å². The Labute approximate surface area is 92.8 Å². The van der Waals surface area contributed by atoms with Gasteiger partial charge in [-0.15, -0.1) is 0 Å². The molecule has 0 heterocycles. The standard InChI is InChI=1S/C12H22N2O/c1-10-4-5-12(9-13,11(2)8-10)14-6-7-15-3/h10-11,14H,4-8H2,1-3H3. The van der Waals surface area contributed by atoms with Gasteiger partial charge in [-0.25, -0.2) is 0 Å². The van der Waals surface area contributed by atoms with E-state index < -0.39 is 0 Å². The van der Waals surface area contributed by atoms with Crippen LogP contribution in [0, 0.1) is 23.2 Å². The maximum absolute atomic E-state index is 9.34. The second-order valence-electron chi connectivity index (χ2n) is 4.78. The summed E-state index contributed by atoms with van der Waals surface area (Å²) in [5.74, 6) is 1.19. The summed E-state index contributed by atoms with van der Waals surface area (Å²) in [4.78, 5) is 0. The van der Waals surface area contributed by atoms with Gasteiger partial charge in [0.1, 0.15) is 5.54 Å². The Hall–Kier alpha value is -0.590. The molecule has 0 saturated heterocycles. The van der Waals surface area contributed by atoms with Crippen molar-refractivity contribution in [2.24, 2.45) is 11.8 Å². The zero-order valence-corrected chi connectivity index (χ0v) is 10.0. The number of hydrogen-bond donors (Lipinski definition) is 1. The van der Waals surface area contributed by atoms with Crippen LogP contribution >= 0.6 is 0 Å². The molecule has 0 aromatic carbocycles. The maximum Gasteiger partial charge on any atom is 0.109 e. The summed E-state index contributed by atoms with van der Waals surface area (Å²) in [5.41, 5.74) is -0.314. The fourth-order valence-electron chi connectivity index (χ4n) is 2.49. The van der Waals surface area contributed by atoms with Crippen molar-refractivity contribution in [1.82, 2.24) is 5.32 Å². The number of nitrogens with one attached hydrogen (secondary N) is 1. The summed E-state index contributed by atoms with van der Waals surface area (Å²) in [5, 5.41) is 12.7. The van der Waals surface area contributed by atoms with Gasteiger partial charge in [-0.2, -0.15) is 5.26 Å². The van der Waals surface area contributed by atoms with Crippen molar-refractivity contribution in [2.45, 2.75) is 38.6 Å². The minimum Gasteiger partial charge on any atom is -0.383 e. The molecule has 3 unspecified atom stereocenters. The van der Waals surface area contributed by atoms with Gasteiger partial charge in [0.05, 0.1) is 12.7 Å². The van der Waals surface area contributed by atoms with Crippen LogP contribution in [0.2, 0.25) is 0 Å². The molecule has 0 spiro atoms. The molecule has 0 amide bonds. The Morgan fingerprint density at radius 1 is 1.53 bits per heavy atom. The molecule has 0 aliphatic heterocycles. The molecule has 1 rings (SSSR count). The SMILES string of the molecule is COCCNC1(C#N)CCC(C)CC1C. The highest BCUT2D eigenvalue weighted by atomic mass is 16.5. The zero-order chi connectivity index (χ0) is 11.3. The van der Waals surface area contributed by atoms with Gasteiger partial charge in [-0.3, -0.25) is 5.32 Å². The van der Waals surface area contributed by atoms with Crippen molar-refractivity contribution >= 4 is 0 Å². The first kappa shape index (κ1) is 12.5. The second-order valence-corrected chi connectivity index (χ2v) is 4.78. The minimum atomic E-state index is -0.314. The predicted octanol–water partition coefficient (Wildman–Crippen LogP) is 1.94. The van der Waals surface area contributed by atoms with Gasteiger partial charge < -0.3 is 4.74 Å². The van der Waals surface area contributed by atoms with Crippen molar-refractivity contribution in [2.75, 3.05) is 20.3 Å². The summed E-state index contributed by atoms with van der Waals surface area (Å²) in [6.45, 7) is 5.89. The van der Waals surface area contributed by atoms with Crippen LogP contribution in [0.1, 0.15) is 33.1 Å². The quantitative estimate of drug-likeness (QED) is 0.721. The highest BCUT2D eigenvalue weighted by Gasteiger charge is 2.39. The van der Waals surface area contributed by atoms with E-state index in [-0.39, 0.29) is 5.54 Å². The normalized spacial score (nSPS) is 36.1. The summed E-state index contributed by atoms with van der Waals surface area (Å²) >= 11 is 0. The number of hydrogen-bond acceptors (Lipinski definition) is 3. The molecular weight excluding hydrogens is 188 g/mol. The van der Waals surface area contributed by atoms with Gasteiger partial charge in [0.25, 0.3) is 0 Å². The van der Waals surface area contributed by atoms with E-state index in [9.17, 15) is 5.26 Å². The average molecular weight is 210 g/mol. The van der Waals surface area contributed by atoms with Gasteiger partial charge in [-0.1, -0.05) is 13.8 Å². The molecule has 3 heteroatoms. The van der Waals surface area contributed by atoms with Gasteiger partial charge in [0.2, 0.25) is 0 Å². The molecule has 1 saturated carbocycles. The van der Waals surface area contributed by atoms with Crippen LogP contribution in [0.5, 0.6) is 0 Å². The topological polar surface area (TPSA) is 45.0 Å². The van der Waals surface area contributed by atoms with Gasteiger partial charge >= 0.3 is 0 Å². The monoisotopic (exact) mass is 210 g/mol. The van der Waals surface area contributed by atoms with E-state index in [1.54, 1.807) is 7.11 Å². The molecule has 0 aromatic rings. The van der Waals surface area contributed by atoms with E-state index in [0.717, 1.165) is 31.7 Å². The fourth-order valence-corrected chi connectivity index (χ4v) is 2.49. The van der Waals surface area contributed by atoms with E-state index in [0.29, 0.717) is 12.5 Å². The average Bonchev–Trinajstić information content (AvgIpc) is 2.22. The summed E-state index contributed by atoms with van der Waals surface area (Å²) in [6.07, 6.45) is 3.26. The smallest absolute Gasteiger partial charge is 0.109 e. The number of rotatable bonds is 4. The second kappa shape index (κ2) is 5.48. The van der Waals surface area contributed by atoms with E-state index in [4.69, 9.17) is 4.74 Å². The van der Waals surface area contributed by atoms with Crippen molar-refractivity contribution < 1.29 is 4.74 Å². The van der Waals surface area contributed by atoms with E-state index in [2.05, 4.69) is 25.2 Å². The molecule has 0 radical (unpaired) electrons. The maximum atomic E-state index is 9.34. The first-order chi connectivity index (χ1) is 7.14. The number of nitriles is 1. The third-order valence-corrected chi connectivity index (χ3v) is 3.57. The Kier molecular flexibility index (Phi) is 4.56. The third-order valence-electron chi connectivity index (χ3n) is 3.57. The lowest BCUT2D eigenvalue weighted by molar-refractivity contribution is 0.145. The lowest BCUT2D eigenvalue weighted by atomic mass is 9.71. The highest BCUT2D eigenvalue weighted by molar-refractivity contribution is 5.12. The van der Waals surface area contributed by atoms with Crippen LogP contribution in [0.25, 0.3) is 0 Å². The third kappa shape index (κ3) is 2.93. The van der Waals surface area contributed by atoms with Crippen molar-refractivity contribution in [3.8, 4) is 6.07 Å². The molecule has 1 aliphatic carbocycles. The summed E-state index contributed by atoms with van der Waals surface area (Å²) in [7, 11) is 1.69. The summed E-state index contributed by atoms with van der Waals surface area (Å²) < 4.78 is 5.01. The molecule has 1 N–H and O–H groups in total. The van der Waals surface area contributed by atoms with Gasteiger partial charge in [-0.05, 0) is 31.1 Å². The molecule has 1 fully saturated rings. The number of methoxy groups -OCH3 is 1. The predicted molar refractivity (Wildman–Crippen MR) is 60.4 cm³/mol. The molecule has 3 atom stereocenters. The first-order valence-corrected chi connectivity index (χ1v) is 5.80. The molecule has 86 valence electrons. The molecule has 15 heavy (non-hydrogen) atoms. The minimum absolute atomic E-state index is 0.314. The Bertz CT molecular complexity index is 236. The van der Waals surface area contributed by atoms with Crippen LogP contribution in [-0.4, -0.2) is 25.8 Å². The summed E-state index contributed by atoms with van der Waals surface area (Å²) in [6, 6.07) is 2.48. The lowest BCUT2D eigenvalue weighted by Gasteiger charge is -2.40. The van der Waals surface area contributed by atoms with Crippen LogP contribution < -0.4 is 5.32 Å². The largest absolute Gasteiger partial charge is 0.383 e. The highest BCUT2D eigenvalue weighted by Crippen LogP contribution is 2.36. The van der Waals surface area contributed by atoms with E-state index in [1.807, 2.05) is 0 Å². The number of nitrogens with zero attached hydrogens (tertiary/aromatic N) is 1. The van der Waals surface area contributed by atoms with Crippen molar-refractivity contribution in [3.05, 3.63) is 0 Å². The Morgan fingerprint density at radius 3 is 2.80 bits per heavy atom. The lowest BCUT2D eigenvalue weighted by Crippen LogP contribution is -2.53. The van der Waals surface area contributed by atoms with E-state index >= 15 is 0 Å². The molecule has 3 nitrogen and oxygen atoms in total. The molecule has 0 aromatic heterocycles. The Morgan fingerprint density at radius 2 is 2.27 bits per heavy atom. The van der Waals surface area contributed by atoms with Crippen molar-refractivity contribution in [1.29, 1.82) is 5.26 Å². The van der Waals surface area contributed by atoms with Gasteiger partial charge in [0.15, 0.2) is 0 Å². The number of ether oxygens (including phenoxy) is 1. The molecular formula is C12H22N2O.